The Morgan fingerprint density at radius 3 is 1.64 bits per heavy atom. The first kappa shape index (κ1) is 39.6. The van der Waals surface area contributed by atoms with Crippen LogP contribution in [0.25, 0.3) is 0 Å². The van der Waals surface area contributed by atoms with Crippen LogP contribution in [0.2, 0.25) is 0 Å². The first-order chi connectivity index (χ1) is 20.7. The quantitative estimate of drug-likeness (QED) is 0.0541. The molecular weight excluding hydrogens is 520 g/mol. The van der Waals surface area contributed by atoms with Crippen molar-refractivity contribution in [1.29, 1.82) is 0 Å². The molecule has 0 saturated carbocycles. The Labute approximate surface area is 259 Å². The van der Waals surface area contributed by atoms with Gasteiger partial charge in [-0.15, -0.1) is 0 Å². The average molecular weight is 583 g/mol. The van der Waals surface area contributed by atoms with Crippen LogP contribution in [0.4, 0.5) is 0 Å². The molecule has 4 heteroatoms. The molecule has 42 heavy (non-hydrogen) atoms. The largest absolute Gasteiger partial charge is 0.457 e. The summed E-state index contributed by atoms with van der Waals surface area (Å²) in [5, 5.41) is 9.50. The van der Waals surface area contributed by atoms with Crippen molar-refractivity contribution < 1.29 is 19.4 Å². The molecule has 0 aliphatic carbocycles. The molecule has 1 unspecified atom stereocenters. The monoisotopic (exact) mass is 582 g/mol. The molecule has 0 radical (unpaired) electrons. The number of aliphatic hydroxyl groups excluding tert-OH is 1. The van der Waals surface area contributed by atoms with Gasteiger partial charge in [0.1, 0.15) is 6.10 Å². The highest BCUT2D eigenvalue weighted by Gasteiger charge is 2.13. The zero-order chi connectivity index (χ0) is 30.6. The van der Waals surface area contributed by atoms with Crippen LogP contribution < -0.4 is 0 Å². The number of hydrogen-bond donors (Lipinski definition) is 1. The Hall–Kier alpha value is -2.43. The van der Waals surface area contributed by atoms with Gasteiger partial charge in [0.15, 0.2) is 0 Å². The van der Waals surface area contributed by atoms with Gasteiger partial charge in [-0.2, -0.15) is 0 Å². The van der Waals surface area contributed by atoms with E-state index in [0.717, 1.165) is 77.0 Å². The van der Waals surface area contributed by atoms with E-state index < -0.39 is 6.10 Å². The van der Waals surface area contributed by atoms with Gasteiger partial charge in [0.2, 0.25) is 0 Å². The minimum absolute atomic E-state index is 0.204. The summed E-state index contributed by atoms with van der Waals surface area (Å²) in [5.74, 6) is -0.238. The van der Waals surface area contributed by atoms with Gasteiger partial charge < -0.3 is 14.6 Å². The number of hydrogen-bond acceptors (Lipinski definition) is 4. The highest BCUT2D eigenvalue weighted by Crippen LogP contribution is 2.09. The molecule has 1 atom stereocenters. The topological polar surface area (TPSA) is 55.8 Å². The lowest BCUT2D eigenvalue weighted by Gasteiger charge is -2.15. The number of carbonyl (C=O) groups excluding carboxylic acids is 1. The molecule has 0 fully saturated rings. The lowest BCUT2D eigenvalue weighted by molar-refractivity contribution is -0.154. The number of esters is 1. The van der Waals surface area contributed by atoms with Gasteiger partial charge in [-0.3, -0.25) is 4.79 Å². The van der Waals surface area contributed by atoms with Crippen molar-refractivity contribution in [2.75, 3.05) is 19.8 Å². The van der Waals surface area contributed by atoms with Gasteiger partial charge in [0, 0.05) is 13.0 Å². The van der Waals surface area contributed by atoms with E-state index in [1.165, 1.54) is 25.7 Å². The van der Waals surface area contributed by atoms with Crippen molar-refractivity contribution >= 4 is 5.97 Å². The number of carbonyl (C=O) groups is 1. The average Bonchev–Trinajstić information content (AvgIpc) is 3.00. The minimum Gasteiger partial charge on any atom is -0.457 e. The fourth-order valence-electron chi connectivity index (χ4n) is 3.99. The van der Waals surface area contributed by atoms with Crippen LogP contribution in [-0.2, 0) is 14.3 Å². The standard InChI is InChI=1S/C38H62O4/c1-3-5-7-9-11-13-15-16-17-18-19-20-21-22-23-24-26-28-30-32-34-41-36-37(35-39)42-38(40)33-31-29-27-25-14-12-10-8-6-4-2/h5,7-8,10-11,13,16-17,19-20,22-23,26,28,37,39H,3-4,6,9,12,14-15,18,21,24-25,27,29-36H2,1-2H3/b7-5-,10-8-,13-11-,17-16-,20-19-,23-22-,28-26-. The van der Waals surface area contributed by atoms with E-state index in [4.69, 9.17) is 9.47 Å². The van der Waals surface area contributed by atoms with Gasteiger partial charge in [0.05, 0.1) is 13.2 Å². The zero-order valence-electron chi connectivity index (χ0n) is 27.0. The molecule has 0 heterocycles. The van der Waals surface area contributed by atoms with E-state index in [-0.39, 0.29) is 19.2 Å². The third-order valence-electron chi connectivity index (χ3n) is 6.44. The molecular formula is C38H62O4. The molecule has 0 aliphatic rings. The molecule has 0 aromatic heterocycles. The summed E-state index contributed by atoms with van der Waals surface area (Å²) in [4.78, 5) is 12.0. The summed E-state index contributed by atoms with van der Waals surface area (Å²) >= 11 is 0. The van der Waals surface area contributed by atoms with Gasteiger partial charge in [0.25, 0.3) is 0 Å². The van der Waals surface area contributed by atoms with Crippen LogP contribution in [0.1, 0.15) is 123 Å². The predicted octanol–water partition coefficient (Wildman–Crippen LogP) is 10.5. The number of rotatable bonds is 29. The van der Waals surface area contributed by atoms with E-state index in [9.17, 15) is 9.90 Å². The summed E-state index contributed by atoms with van der Waals surface area (Å²) in [5.41, 5.74) is 0. The Bertz CT molecular complexity index is 785. The summed E-state index contributed by atoms with van der Waals surface area (Å²) < 4.78 is 11.0. The van der Waals surface area contributed by atoms with Crippen molar-refractivity contribution in [2.24, 2.45) is 0 Å². The van der Waals surface area contributed by atoms with E-state index in [0.29, 0.717) is 13.0 Å². The van der Waals surface area contributed by atoms with E-state index in [1.54, 1.807) is 0 Å². The normalized spacial score (nSPS) is 13.5. The summed E-state index contributed by atoms with van der Waals surface area (Å²) in [6, 6.07) is 0. The van der Waals surface area contributed by atoms with Gasteiger partial charge in [-0.25, -0.2) is 0 Å². The SMILES string of the molecule is CC/C=C\C/C=C\C/C=C\C/C=C\C/C=C\C/C=C\CCCOCC(CO)OC(=O)CCCCCCC/C=C\CCC. The van der Waals surface area contributed by atoms with Crippen LogP contribution in [0.3, 0.4) is 0 Å². The molecule has 1 N–H and O–H groups in total. The number of allylic oxidation sites excluding steroid dienone is 14. The minimum atomic E-state index is -0.571. The first-order valence-corrected chi connectivity index (χ1v) is 16.7. The zero-order valence-corrected chi connectivity index (χ0v) is 27.0. The van der Waals surface area contributed by atoms with Crippen LogP contribution in [-0.4, -0.2) is 37.0 Å². The van der Waals surface area contributed by atoms with Crippen LogP contribution in [0, 0.1) is 0 Å². The van der Waals surface area contributed by atoms with E-state index in [2.05, 4.69) is 98.9 Å². The molecule has 4 nitrogen and oxygen atoms in total. The van der Waals surface area contributed by atoms with Crippen molar-refractivity contribution in [3.05, 3.63) is 85.1 Å². The molecule has 0 saturated heterocycles. The van der Waals surface area contributed by atoms with E-state index in [1.807, 2.05) is 0 Å². The van der Waals surface area contributed by atoms with Crippen molar-refractivity contribution in [3.63, 3.8) is 0 Å². The third-order valence-corrected chi connectivity index (χ3v) is 6.44. The van der Waals surface area contributed by atoms with Crippen LogP contribution in [0.5, 0.6) is 0 Å². The fourth-order valence-corrected chi connectivity index (χ4v) is 3.99. The number of unbranched alkanes of at least 4 members (excludes halogenated alkanes) is 7. The third kappa shape index (κ3) is 32.1. The molecule has 0 rings (SSSR count). The highest BCUT2D eigenvalue weighted by molar-refractivity contribution is 5.69. The van der Waals surface area contributed by atoms with Gasteiger partial charge in [-0.1, -0.05) is 125 Å². The number of ether oxygens (including phenoxy) is 2. The molecule has 0 bridgehead atoms. The molecule has 238 valence electrons. The predicted molar refractivity (Wildman–Crippen MR) is 182 cm³/mol. The summed E-state index contributed by atoms with van der Waals surface area (Å²) in [6.45, 7) is 4.99. The Balaban J connectivity index is 3.64. The molecule has 0 spiro atoms. The maximum Gasteiger partial charge on any atom is 0.306 e. The van der Waals surface area contributed by atoms with Crippen molar-refractivity contribution in [3.8, 4) is 0 Å². The highest BCUT2D eigenvalue weighted by atomic mass is 16.6. The Morgan fingerprint density at radius 1 is 0.595 bits per heavy atom. The smallest absolute Gasteiger partial charge is 0.306 e. The molecule has 0 aliphatic heterocycles. The molecule has 0 aromatic rings. The van der Waals surface area contributed by atoms with Crippen LogP contribution >= 0.6 is 0 Å². The van der Waals surface area contributed by atoms with Crippen molar-refractivity contribution in [1.82, 2.24) is 0 Å². The van der Waals surface area contributed by atoms with Gasteiger partial charge >= 0.3 is 5.97 Å². The Morgan fingerprint density at radius 2 is 1.07 bits per heavy atom. The van der Waals surface area contributed by atoms with Crippen LogP contribution in [0.15, 0.2) is 85.1 Å². The maximum absolute atomic E-state index is 12.0. The second kappa shape index (κ2) is 34.8. The second-order valence-electron chi connectivity index (χ2n) is 10.5. The lowest BCUT2D eigenvalue weighted by atomic mass is 10.1. The molecule has 0 amide bonds. The number of aliphatic hydroxyl groups is 1. The van der Waals surface area contributed by atoms with Gasteiger partial charge in [-0.05, 0) is 77.0 Å². The maximum atomic E-state index is 12.0. The van der Waals surface area contributed by atoms with E-state index >= 15 is 0 Å². The summed E-state index contributed by atoms with van der Waals surface area (Å²) in [6.07, 6.45) is 47.7. The lowest BCUT2D eigenvalue weighted by Crippen LogP contribution is -2.27. The second-order valence-corrected chi connectivity index (χ2v) is 10.5. The molecule has 0 aromatic carbocycles. The Kier molecular flexibility index (Phi) is 32.8. The fraction of sp³-hybridized carbons (Fsp3) is 0.605. The summed E-state index contributed by atoms with van der Waals surface area (Å²) in [7, 11) is 0. The first-order valence-electron chi connectivity index (χ1n) is 16.7. The van der Waals surface area contributed by atoms with Crippen molar-refractivity contribution in [2.45, 2.75) is 129 Å².